The Morgan fingerprint density at radius 2 is 1.91 bits per heavy atom. The van der Waals surface area contributed by atoms with E-state index in [-0.39, 0.29) is 0 Å². The summed E-state index contributed by atoms with van der Waals surface area (Å²) in [5, 5.41) is 14.5. The highest BCUT2D eigenvalue weighted by Crippen LogP contribution is 2.40. The number of guanidine groups is 1. The maximum absolute atomic E-state index is 4.33. The SMILES string of the molecule is CCC1(CNC(=NC)NCCCCn2cnnc2)CCCC1. The predicted octanol–water partition coefficient (Wildman–Crippen LogP) is 2.19. The monoisotopic (exact) mass is 306 g/mol. The molecule has 1 aromatic heterocycles. The first-order valence-electron chi connectivity index (χ1n) is 8.55. The van der Waals surface area contributed by atoms with E-state index >= 15 is 0 Å². The molecule has 1 heterocycles. The van der Waals surface area contributed by atoms with Gasteiger partial charge in [0.05, 0.1) is 0 Å². The van der Waals surface area contributed by atoms with Crippen molar-refractivity contribution in [3.63, 3.8) is 0 Å². The van der Waals surface area contributed by atoms with E-state index in [9.17, 15) is 0 Å². The predicted molar refractivity (Wildman–Crippen MR) is 89.8 cm³/mol. The lowest BCUT2D eigenvalue weighted by molar-refractivity contribution is 0.283. The number of rotatable bonds is 8. The number of aryl methyl sites for hydroxylation is 1. The van der Waals surface area contributed by atoms with Gasteiger partial charge in [0.1, 0.15) is 12.7 Å². The van der Waals surface area contributed by atoms with Crippen molar-refractivity contribution in [1.82, 2.24) is 25.4 Å². The molecule has 6 nitrogen and oxygen atoms in total. The smallest absolute Gasteiger partial charge is 0.190 e. The molecule has 1 aliphatic rings. The number of aromatic nitrogens is 3. The minimum Gasteiger partial charge on any atom is -0.356 e. The van der Waals surface area contributed by atoms with Crippen LogP contribution >= 0.6 is 0 Å². The summed E-state index contributed by atoms with van der Waals surface area (Å²) in [6.07, 6.45) is 12.5. The van der Waals surface area contributed by atoms with Crippen LogP contribution in [0, 0.1) is 5.41 Å². The van der Waals surface area contributed by atoms with E-state index in [1.165, 1.54) is 32.1 Å². The fraction of sp³-hybridized carbons (Fsp3) is 0.812. The fourth-order valence-corrected chi connectivity index (χ4v) is 3.24. The Bertz CT molecular complexity index is 433. The number of hydrogen-bond donors (Lipinski definition) is 2. The summed E-state index contributed by atoms with van der Waals surface area (Å²) in [7, 11) is 1.85. The standard InChI is InChI=1S/C16H30N6/c1-3-16(8-4-5-9-16)12-19-15(17-2)18-10-6-7-11-22-13-20-21-14-22/h13-14H,3-12H2,1-2H3,(H2,17,18,19). The number of aliphatic imine (C=N–C) groups is 1. The van der Waals surface area contributed by atoms with Gasteiger partial charge in [-0.2, -0.15) is 0 Å². The summed E-state index contributed by atoms with van der Waals surface area (Å²) >= 11 is 0. The molecule has 0 aromatic carbocycles. The molecule has 1 saturated carbocycles. The van der Waals surface area contributed by atoms with E-state index in [2.05, 4.69) is 32.7 Å². The van der Waals surface area contributed by atoms with Gasteiger partial charge in [0.2, 0.25) is 0 Å². The lowest BCUT2D eigenvalue weighted by Gasteiger charge is -2.28. The zero-order valence-corrected chi connectivity index (χ0v) is 14.0. The lowest BCUT2D eigenvalue weighted by atomic mass is 9.83. The molecule has 0 bridgehead atoms. The first kappa shape index (κ1) is 16.8. The van der Waals surface area contributed by atoms with Crippen LogP contribution < -0.4 is 10.6 Å². The van der Waals surface area contributed by atoms with Crippen molar-refractivity contribution in [3.8, 4) is 0 Å². The van der Waals surface area contributed by atoms with Crippen molar-refractivity contribution in [3.05, 3.63) is 12.7 Å². The van der Waals surface area contributed by atoms with Crippen molar-refractivity contribution in [2.45, 2.75) is 58.4 Å². The van der Waals surface area contributed by atoms with E-state index in [1.807, 2.05) is 11.6 Å². The van der Waals surface area contributed by atoms with Gasteiger partial charge in [-0.3, -0.25) is 4.99 Å². The second-order valence-corrected chi connectivity index (χ2v) is 6.32. The minimum atomic E-state index is 0.492. The number of unbranched alkanes of at least 4 members (excludes halogenated alkanes) is 1. The van der Waals surface area contributed by atoms with E-state index in [1.54, 1.807) is 12.7 Å². The first-order valence-corrected chi connectivity index (χ1v) is 8.55. The van der Waals surface area contributed by atoms with Crippen molar-refractivity contribution >= 4 is 5.96 Å². The largest absolute Gasteiger partial charge is 0.356 e. The topological polar surface area (TPSA) is 67.1 Å². The van der Waals surface area contributed by atoms with Crippen LogP contribution in [0.3, 0.4) is 0 Å². The van der Waals surface area contributed by atoms with Gasteiger partial charge in [-0.25, -0.2) is 0 Å². The zero-order valence-electron chi connectivity index (χ0n) is 14.0. The van der Waals surface area contributed by atoms with Gasteiger partial charge < -0.3 is 15.2 Å². The van der Waals surface area contributed by atoms with Crippen LogP contribution in [0.2, 0.25) is 0 Å². The maximum atomic E-state index is 4.33. The van der Waals surface area contributed by atoms with Crippen molar-refractivity contribution in [1.29, 1.82) is 0 Å². The molecule has 0 radical (unpaired) electrons. The minimum absolute atomic E-state index is 0.492. The summed E-state index contributed by atoms with van der Waals surface area (Å²) in [5.41, 5.74) is 0.492. The van der Waals surface area contributed by atoms with E-state index in [4.69, 9.17) is 0 Å². The molecule has 0 atom stereocenters. The maximum Gasteiger partial charge on any atom is 0.190 e. The fourth-order valence-electron chi connectivity index (χ4n) is 3.24. The number of nitrogens with one attached hydrogen (secondary N) is 2. The van der Waals surface area contributed by atoms with E-state index in [0.717, 1.165) is 38.4 Å². The molecule has 0 saturated heterocycles. The Morgan fingerprint density at radius 3 is 2.55 bits per heavy atom. The molecule has 6 heteroatoms. The summed E-state index contributed by atoms with van der Waals surface area (Å²) in [6, 6.07) is 0. The molecule has 2 N–H and O–H groups in total. The Hall–Kier alpha value is -1.59. The van der Waals surface area contributed by atoms with Crippen molar-refractivity contribution < 1.29 is 0 Å². The zero-order chi connectivity index (χ0) is 15.7. The van der Waals surface area contributed by atoms with Crippen molar-refractivity contribution in [2.75, 3.05) is 20.1 Å². The first-order chi connectivity index (χ1) is 10.8. The number of hydrogen-bond acceptors (Lipinski definition) is 3. The molecule has 2 rings (SSSR count). The molecule has 1 aliphatic carbocycles. The molecule has 1 aromatic rings. The Morgan fingerprint density at radius 1 is 1.18 bits per heavy atom. The normalized spacial score (nSPS) is 17.6. The van der Waals surface area contributed by atoms with Gasteiger partial charge in [0, 0.05) is 26.7 Å². The Kier molecular flexibility index (Phi) is 6.68. The number of nitrogens with zero attached hydrogens (tertiary/aromatic N) is 4. The summed E-state index contributed by atoms with van der Waals surface area (Å²) in [5.74, 6) is 0.934. The van der Waals surface area contributed by atoms with Gasteiger partial charge in [0.15, 0.2) is 5.96 Å². The Balaban J connectivity index is 1.60. The third-order valence-electron chi connectivity index (χ3n) is 4.87. The molecule has 1 fully saturated rings. The van der Waals surface area contributed by atoms with Crippen LogP contribution in [0.1, 0.15) is 51.9 Å². The average Bonchev–Trinajstić information content (AvgIpc) is 3.22. The molecule has 0 amide bonds. The second kappa shape index (κ2) is 8.76. The van der Waals surface area contributed by atoms with E-state index in [0.29, 0.717) is 5.41 Å². The molecular weight excluding hydrogens is 276 g/mol. The Labute approximate surface area is 133 Å². The molecule has 0 unspecified atom stereocenters. The summed E-state index contributed by atoms with van der Waals surface area (Å²) in [4.78, 5) is 4.33. The third-order valence-corrected chi connectivity index (χ3v) is 4.87. The van der Waals surface area contributed by atoms with E-state index < -0.39 is 0 Å². The highest BCUT2D eigenvalue weighted by molar-refractivity contribution is 5.79. The quantitative estimate of drug-likeness (QED) is 0.439. The van der Waals surface area contributed by atoms with Crippen molar-refractivity contribution in [2.24, 2.45) is 10.4 Å². The third kappa shape index (κ3) is 5.00. The molecule has 124 valence electrons. The average molecular weight is 306 g/mol. The van der Waals surface area contributed by atoms with Crippen LogP contribution in [-0.4, -0.2) is 40.9 Å². The van der Waals surface area contributed by atoms with Gasteiger partial charge >= 0.3 is 0 Å². The highest BCUT2D eigenvalue weighted by atomic mass is 15.2. The second-order valence-electron chi connectivity index (χ2n) is 6.32. The molecule has 0 spiro atoms. The molecular formula is C16H30N6. The molecule has 22 heavy (non-hydrogen) atoms. The van der Waals surface area contributed by atoms with Gasteiger partial charge in [-0.1, -0.05) is 19.8 Å². The molecule has 0 aliphatic heterocycles. The van der Waals surface area contributed by atoms with Crippen LogP contribution in [0.4, 0.5) is 0 Å². The van der Waals surface area contributed by atoms with Gasteiger partial charge in [0.25, 0.3) is 0 Å². The lowest BCUT2D eigenvalue weighted by Crippen LogP contribution is -2.43. The summed E-state index contributed by atoms with van der Waals surface area (Å²) in [6.45, 7) is 5.28. The van der Waals surface area contributed by atoms with Crippen LogP contribution in [0.15, 0.2) is 17.6 Å². The summed E-state index contributed by atoms with van der Waals surface area (Å²) < 4.78 is 2.01. The van der Waals surface area contributed by atoms with Crippen LogP contribution in [0.5, 0.6) is 0 Å². The van der Waals surface area contributed by atoms with Gasteiger partial charge in [-0.15, -0.1) is 10.2 Å². The van der Waals surface area contributed by atoms with Gasteiger partial charge in [-0.05, 0) is 37.5 Å². The van der Waals surface area contributed by atoms with Crippen LogP contribution in [-0.2, 0) is 6.54 Å². The highest BCUT2D eigenvalue weighted by Gasteiger charge is 2.31. The van der Waals surface area contributed by atoms with Crippen LogP contribution in [0.25, 0.3) is 0 Å².